The van der Waals surface area contributed by atoms with Crippen LogP contribution in [0, 0.1) is 0 Å². The highest BCUT2D eigenvalue weighted by molar-refractivity contribution is 6.39. The van der Waals surface area contributed by atoms with E-state index >= 15 is 0 Å². The maximum Gasteiger partial charge on any atom is 0.329 e. The van der Waals surface area contributed by atoms with Crippen LogP contribution < -0.4 is 20.2 Å². The van der Waals surface area contributed by atoms with Gasteiger partial charge < -0.3 is 14.8 Å². The van der Waals surface area contributed by atoms with E-state index in [1.54, 1.807) is 42.5 Å². The second-order valence-electron chi connectivity index (χ2n) is 5.64. The number of benzene rings is 2. The highest BCUT2D eigenvalue weighted by Crippen LogP contribution is 2.21. The number of anilines is 1. The van der Waals surface area contributed by atoms with Gasteiger partial charge in [0.2, 0.25) is 0 Å². The highest BCUT2D eigenvalue weighted by Gasteiger charge is 2.13. The Morgan fingerprint density at radius 3 is 2.50 bits per heavy atom. The number of carbonyl (C=O) groups is 2. The van der Waals surface area contributed by atoms with Gasteiger partial charge in [-0.1, -0.05) is 18.5 Å². The minimum atomic E-state index is -0.900. The summed E-state index contributed by atoms with van der Waals surface area (Å²) < 4.78 is 10.9. The van der Waals surface area contributed by atoms with Crippen molar-refractivity contribution in [3.05, 3.63) is 53.1 Å². The quantitative estimate of drug-likeness (QED) is 0.400. The zero-order valence-electron chi connectivity index (χ0n) is 15.7. The van der Waals surface area contributed by atoms with Gasteiger partial charge in [0.15, 0.2) is 0 Å². The number of nitrogens with zero attached hydrogens (tertiary/aromatic N) is 1. The van der Waals surface area contributed by atoms with Crippen molar-refractivity contribution in [3.63, 3.8) is 0 Å². The van der Waals surface area contributed by atoms with E-state index < -0.39 is 11.8 Å². The van der Waals surface area contributed by atoms with Crippen molar-refractivity contribution < 1.29 is 19.1 Å². The van der Waals surface area contributed by atoms with E-state index in [0.29, 0.717) is 41.0 Å². The molecule has 0 fully saturated rings. The van der Waals surface area contributed by atoms with Gasteiger partial charge in [0.25, 0.3) is 0 Å². The van der Waals surface area contributed by atoms with Crippen molar-refractivity contribution in [2.75, 3.05) is 18.5 Å². The van der Waals surface area contributed by atoms with Crippen molar-refractivity contribution in [1.82, 2.24) is 5.43 Å². The number of halogens is 1. The Balaban J connectivity index is 1.91. The Bertz CT molecular complexity index is 838. The van der Waals surface area contributed by atoms with Crippen LogP contribution in [0.2, 0.25) is 5.02 Å². The summed E-state index contributed by atoms with van der Waals surface area (Å²) in [4.78, 5) is 23.9. The molecule has 0 saturated carbocycles. The van der Waals surface area contributed by atoms with Crippen LogP contribution in [0.1, 0.15) is 25.8 Å². The average molecular weight is 404 g/mol. The van der Waals surface area contributed by atoms with Gasteiger partial charge >= 0.3 is 11.8 Å². The Morgan fingerprint density at radius 2 is 1.82 bits per heavy atom. The predicted molar refractivity (Wildman–Crippen MR) is 109 cm³/mol. The van der Waals surface area contributed by atoms with Gasteiger partial charge in [-0.3, -0.25) is 9.59 Å². The second-order valence-corrected chi connectivity index (χ2v) is 6.08. The molecule has 0 heterocycles. The van der Waals surface area contributed by atoms with Gasteiger partial charge in [0.05, 0.1) is 19.4 Å². The molecule has 0 spiro atoms. The molecule has 0 aromatic heterocycles. The third-order valence-corrected chi connectivity index (χ3v) is 3.67. The highest BCUT2D eigenvalue weighted by atomic mass is 35.5. The summed E-state index contributed by atoms with van der Waals surface area (Å²) in [6.45, 7) is 4.95. The van der Waals surface area contributed by atoms with Gasteiger partial charge in [0.1, 0.15) is 11.5 Å². The summed E-state index contributed by atoms with van der Waals surface area (Å²) in [6.07, 6.45) is 2.27. The summed E-state index contributed by atoms with van der Waals surface area (Å²) in [6, 6.07) is 11.8. The molecule has 0 bridgehead atoms. The summed E-state index contributed by atoms with van der Waals surface area (Å²) in [5.41, 5.74) is 3.23. The Morgan fingerprint density at radius 1 is 1.07 bits per heavy atom. The molecule has 148 valence electrons. The van der Waals surface area contributed by atoms with Crippen LogP contribution in [0.3, 0.4) is 0 Å². The van der Waals surface area contributed by atoms with Crippen LogP contribution >= 0.6 is 11.6 Å². The molecule has 0 aliphatic rings. The number of hydrogen-bond donors (Lipinski definition) is 2. The van der Waals surface area contributed by atoms with Crippen molar-refractivity contribution in [2.45, 2.75) is 20.3 Å². The Kier molecular flexibility index (Phi) is 8.30. The third-order valence-electron chi connectivity index (χ3n) is 3.43. The normalized spacial score (nSPS) is 10.5. The molecule has 0 aliphatic carbocycles. The monoisotopic (exact) mass is 403 g/mol. The summed E-state index contributed by atoms with van der Waals surface area (Å²) >= 11 is 5.96. The number of rotatable bonds is 8. The molecule has 2 N–H and O–H groups in total. The van der Waals surface area contributed by atoms with Crippen LogP contribution in [0.15, 0.2) is 47.6 Å². The van der Waals surface area contributed by atoms with E-state index in [2.05, 4.69) is 15.8 Å². The number of amides is 2. The maximum atomic E-state index is 12.0. The van der Waals surface area contributed by atoms with E-state index in [1.165, 1.54) is 6.21 Å². The van der Waals surface area contributed by atoms with Crippen LogP contribution in [0.5, 0.6) is 11.5 Å². The van der Waals surface area contributed by atoms with Crippen molar-refractivity contribution >= 4 is 35.3 Å². The van der Waals surface area contributed by atoms with Crippen LogP contribution in [0.25, 0.3) is 0 Å². The van der Waals surface area contributed by atoms with E-state index in [-0.39, 0.29) is 0 Å². The first-order valence-electron chi connectivity index (χ1n) is 8.83. The predicted octanol–water partition coefficient (Wildman–Crippen LogP) is 3.62. The lowest BCUT2D eigenvalue weighted by Gasteiger charge is -2.08. The van der Waals surface area contributed by atoms with Gasteiger partial charge in [0, 0.05) is 16.3 Å². The van der Waals surface area contributed by atoms with Gasteiger partial charge in [-0.25, -0.2) is 5.43 Å². The molecule has 2 amide bonds. The van der Waals surface area contributed by atoms with Crippen LogP contribution in [0.4, 0.5) is 5.69 Å². The smallest absolute Gasteiger partial charge is 0.329 e. The second kappa shape index (κ2) is 10.9. The lowest BCUT2D eigenvalue weighted by Crippen LogP contribution is -2.32. The zero-order chi connectivity index (χ0) is 20.4. The first kappa shape index (κ1) is 21.2. The lowest BCUT2D eigenvalue weighted by molar-refractivity contribution is -0.136. The topological polar surface area (TPSA) is 89.0 Å². The first-order chi connectivity index (χ1) is 13.5. The minimum absolute atomic E-state index is 0.472. The molecule has 8 heteroatoms. The summed E-state index contributed by atoms with van der Waals surface area (Å²) in [5.74, 6) is -0.474. The Hall–Kier alpha value is -3.06. The minimum Gasteiger partial charge on any atom is -0.494 e. The first-order valence-corrected chi connectivity index (χ1v) is 9.20. The molecule has 0 saturated heterocycles. The molecule has 0 aliphatic heterocycles. The number of nitrogens with one attached hydrogen (secondary N) is 2. The third kappa shape index (κ3) is 6.59. The maximum absolute atomic E-state index is 12.0. The summed E-state index contributed by atoms with van der Waals surface area (Å²) in [7, 11) is 0. The fraction of sp³-hybridized carbons (Fsp3) is 0.250. The molecule has 2 aromatic rings. The van der Waals surface area contributed by atoms with E-state index in [1.807, 2.05) is 13.8 Å². The van der Waals surface area contributed by atoms with E-state index in [4.69, 9.17) is 21.1 Å². The molecule has 2 rings (SSSR count). The SMILES string of the molecule is CCCOc1ccc(NC(=O)C(=O)N/N=C\c2cc(Cl)ccc2OCC)cc1. The van der Waals surface area contributed by atoms with Crippen molar-refractivity contribution in [1.29, 1.82) is 0 Å². The fourth-order valence-corrected chi connectivity index (χ4v) is 2.34. The molecular formula is C20H22ClN3O4. The molecule has 0 radical (unpaired) electrons. The molecule has 7 nitrogen and oxygen atoms in total. The number of hydrazone groups is 1. The molecule has 0 unspecified atom stereocenters. The fourth-order valence-electron chi connectivity index (χ4n) is 2.16. The number of carbonyl (C=O) groups excluding carboxylic acids is 2. The largest absolute Gasteiger partial charge is 0.494 e. The average Bonchev–Trinajstić information content (AvgIpc) is 2.69. The van der Waals surface area contributed by atoms with E-state index in [0.717, 1.165) is 6.42 Å². The molecule has 2 aromatic carbocycles. The molecule has 28 heavy (non-hydrogen) atoms. The van der Waals surface area contributed by atoms with Crippen molar-refractivity contribution in [2.24, 2.45) is 5.10 Å². The van der Waals surface area contributed by atoms with Crippen LogP contribution in [-0.2, 0) is 9.59 Å². The van der Waals surface area contributed by atoms with Crippen molar-refractivity contribution in [3.8, 4) is 11.5 Å². The standard InChI is InChI=1S/C20H22ClN3O4/c1-3-11-28-17-8-6-16(7-9-17)23-19(25)20(26)24-22-13-14-12-15(21)5-10-18(14)27-4-2/h5-10,12-13H,3-4,11H2,1-2H3,(H,23,25)(H,24,26)/b22-13-. The van der Waals surface area contributed by atoms with Crippen LogP contribution in [-0.4, -0.2) is 31.2 Å². The van der Waals surface area contributed by atoms with Gasteiger partial charge in [-0.15, -0.1) is 0 Å². The summed E-state index contributed by atoms with van der Waals surface area (Å²) in [5, 5.41) is 6.78. The number of hydrogen-bond acceptors (Lipinski definition) is 5. The lowest BCUT2D eigenvalue weighted by atomic mass is 10.2. The van der Waals surface area contributed by atoms with E-state index in [9.17, 15) is 9.59 Å². The number of ether oxygens (including phenoxy) is 2. The molecule has 0 atom stereocenters. The molecular weight excluding hydrogens is 382 g/mol. The van der Waals surface area contributed by atoms with Gasteiger partial charge in [-0.05, 0) is 55.8 Å². The zero-order valence-corrected chi connectivity index (χ0v) is 16.5. The van der Waals surface area contributed by atoms with Gasteiger partial charge in [-0.2, -0.15) is 5.10 Å². The Labute approximate surface area is 168 Å².